The summed E-state index contributed by atoms with van der Waals surface area (Å²) < 4.78 is 74.2. The van der Waals surface area contributed by atoms with Gasteiger partial charge in [0.15, 0.2) is 0 Å². The van der Waals surface area contributed by atoms with Crippen molar-refractivity contribution in [2.45, 2.75) is 66.5 Å². The Hall–Kier alpha value is -0.790. The van der Waals surface area contributed by atoms with Crippen LogP contribution in [0.2, 0.25) is 0 Å². The largest absolute Gasteiger partial charge is 0.467 e. The van der Waals surface area contributed by atoms with E-state index in [0.29, 0.717) is 6.42 Å². The molecule has 2 nitrogen and oxygen atoms in total. The molecule has 0 aliphatic carbocycles. The van der Waals surface area contributed by atoms with E-state index in [1.54, 1.807) is 27.7 Å². The highest BCUT2D eigenvalue weighted by Gasteiger charge is 2.53. The van der Waals surface area contributed by atoms with Gasteiger partial charge in [0.1, 0.15) is 5.78 Å². The number of hydrogen-bond donors (Lipinski definition) is 0. The first-order valence-electron chi connectivity index (χ1n) is 6.91. The molecule has 0 aromatic rings. The quantitative estimate of drug-likeness (QED) is 0.474. The summed E-state index contributed by atoms with van der Waals surface area (Å²) in [6.45, 7) is 7.19. The van der Waals surface area contributed by atoms with Gasteiger partial charge in [-0.15, -0.1) is 4.90 Å². The smallest absolute Gasteiger partial charge is 0.299 e. The number of Topliss-reactive ketones (excluding diaryl/α,β-unsaturated/α-hetero) is 1. The fourth-order valence-corrected chi connectivity index (χ4v) is 2.52. The molecule has 8 heteroatoms. The van der Waals surface area contributed by atoms with Gasteiger partial charge in [-0.05, 0) is 31.6 Å². The predicted molar refractivity (Wildman–Crippen MR) is 70.9 cm³/mol. The molecular formula is C14H23F6NO. The Labute approximate surface area is 126 Å². The summed E-state index contributed by atoms with van der Waals surface area (Å²) in [5.41, 5.74) is -1.19. The van der Waals surface area contributed by atoms with E-state index in [0.717, 1.165) is 0 Å². The lowest BCUT2D eigenvalue weighted by molar-refractivity contribution is -0.373. The number of alkyl halides is 6. The Morgan fingerprint density at radius 2 is 1.32 bits per heavy atom. The topological polar surface area (TPSA) is 20.3 Å². The summed E-state index contributed by atoms with van der Waals surface area (Å²) in [6, 6.07) is 0. The lowest BCUT2D eigenvalue weighted by atomic mass is 9.71. The molecule has 0 aromatic carbocycles. The van der Waals surface area contributed by atoms with Crippen molar-refractivity contribution in [3.05, 3.63) is 0 Å². The van der Waals surface area contributed by atoms with Crippen molar-refractivity contribution in [3.63, 3.8) is 0 Å². The SMILES string of the molecule is CC(=O)C(C)(C)CC(C)(C)CCCN(C(F)(F)F)C(F)(F)F. The summed E-state index contributed by atoms with van der Waals surface area (Å²) in [5.74, 6) is -0.0622. The number of rotatable bonds is 7. The van der Waals surface area contributed by atoms with E-state index >= 15 is 0 Å². The van der Waals surface area contributed by atoms with Crippen LogP contribution in [0.3, 0.4) is 0 Å². The summed E-state index contributed by atoms with van der Waals surface area (Å²) in [5, 5.41) is 0. The van der Waals surface area contributed by atoms with Gasteiger partial charge in [0.05, 0.1) is 0 Å². The van der Waals surface area contributed by atoms with Crippen molar-refractivity contribution in [1.82, 2.24) is 4.90 Å². The van der Waals surface area contributed by atoms with Crippen molar-refractivity contribution in [2.24, 2.45) is 10.8 Å². The summed E-state index contributed by atoms with van der Waals surface area (Å²) in [6.07, 6.45) is -10.6. The van der Waals surface area contributed by atoms with E-state index in [-0.39, 0.29) is 18.6 Å². The number of hydrogen-bond acceptors (Lipinski definition) is 2. The zero-order valence-corrected chi connectivity index (χ0v) is 13.5. The number of halogens is 6. The maximum atomic E-state index is 12.4. The molecule has 0 rings (SSSR count). The van der Waals surface area contributed by atoms with Crippen molar-refractivity contribution >= 4 is 5.78 Å². The molecule has 0 atom stereocenters. The highest BCUT2D eigenvalue weighted by Crippen LogP contribution is 2.39. The maximum Gasteiger partial charge on any atom is 0.467 e. The van der Waals surface area contributed by atoms with Crippen LogP contribution in [-0.4, -0.2) is 29.8 Å². The van der Waals surface area contributed by atoms with E-state index in [2.05, 4.69) is 0 Å². The summed E-state index contributed by atoms with van der Waals surface area (Å²) >= 11 is 0. The monoisotopic (exact) mass is 335 g/mol. The van der Waals surface area contributed by atoms with Gasteiger partial charge in [-0.3, -0.25) is 4.79 Å². The van der Waals surface area contributed by atoms with Crippen LogP contribution in [0.25, 0.3) is 0 Å². The molecule has 0 aliphatic rings. The van der Waals surface area contributed by atoms with Crippen molar-refractivity contribution in [3.8, 4) is 0 Å². The Balaban J connectivity index is 4.70. The van der Waals surface area contributed by atoms with Gasteiger partial charge in [0.2, 0.25) is 0 Å². The van der Waals surface area contributed by atoms with E-state index in [9.17, 15) is 31.1 Å². The lowest BCUT2D eigenvalue weighted by Crippen LogP contribution is -2.48. The second-order valence-electron chi connectivity index (χ2n) is 6.97. The first-order valence-corrected chi connectivity index (χ1v) is 6.91. The third-order valence-electron chi connectivity index (χ3n) is 3.72. The molecule has 0 N–H and O–H groups in total. The Kier molecular flexibility index (Phi) is 6.52. The summed E-state index contributed by atoms with van der Waals surface area (Å²) in [7, 11) is 0. The van der Waals surface area contributed by atoms with Crippen molar-refractivity contribution < 1.29 is 31.1 Å². The van der Waals surface area contributed by atoms with Crippen LogP contribution in [-0.2, 0) is 4.79 Å². The maximum absolute atomic E-state index is 12.4. The minimum atomic E-state index is -5.44. The molecule has 0 fully saturated rings. The first kappa shape index (κ1) is 21.2. The predicted octanol–water partition coefficient (Wildman–Crippen LogP) is 5.14. The fourth-order valence-electron chi connectivity index (χ4n) is 2.52. The fraction of sp³-hybridized carbons (Fsp3) is 0.929. The highest BCUT2D eigenvalue weighted by atomic mass is 19.4. The van der Waals surface area contributed by atoms with Crippen molar-refractivity contribution in [2.75, 3.05) is 6.54 Å². The Morgan fingerprint density at radius 1 is 0.909 bits per heavy atom. The van der Waals surface area contributed by atoms with E-state index in [4.69, 9.17) is 0 Å². The van der Waals surface area contributed by atoms with E-state index < -0.39 is 34.9 Å². The van der Waals surface area contributed by atoms with E-state index in [1.807, 2.05) is 0 Å². The number of carbonyl (C=O) groups excluding carboxylic acids is 1. The minimum absolute atomic E-state index is 0.0622. The highest BCUT2D eigenvalue weighted by molar-refractivity contribution is 5.81. The van der Waals surface area contributed by atoms with Crippen LogP contribution in [0.1, 0.15) is 53.9 Å². The van der Waals surface area contributed by atoms with Gasteiger partial charge in [-0.25, -0.2) is 0 Å². The standard InChI is InChI=1S/C14H23F6NO/c1-10(22)12(4,5)9-11(2,3)7-6-8-21(13(15,16)17)14(18,19)20/h6-9H2,1-5H3. The molecule has 0 aromatic heterocycles. The average Bonchev–Trinajstić information content (AvgIpc) is 2.18. The number of carbonyl (C=O) groups is 1. The van der Waals surface area contributed by atoms with Gasteiger partial charge in [-0.1, -0.05) is 27.7 Å². The van der Waals surface area contributed by atoms with Gasteiger partial charge in [-0.2, -0.15) is 26.3 Å². The molecule has 0 bridgehead atoms. The van der Waals surface area contributed by atoms with Gasteiger partial charge < -0.3 is 0 Å². The van der Waals surface area contributed by atoms with Crippen LogP contribution in [0.4, 0.5) is 26.3 Å². The molecule has 0 amide bonds. The Morgan fingerprint density at radius 3 is 1.64 bits per heavy atom. The lowest BCUT2D eigenvalue weighted by Gasteiger charge is -2.34. The number of ketones is 1. The normalized spacial score (nSPS) is 14.5. The number of nitrogens with zero attached hydrogens (tertiary/aromatic N) is 1. The molecule has 132 valence electrons. The van der Waals surface area contributed by atoms with Gasteiger partial charge >= 0.3 is 12.6 Å². The van der Waals surface area contributed by atoms with Crippen molar-refractivity contribution in [1.29, 1.82) is 0 Å². The third kappa shape index (κ3) is 6.98. The van der Waals surface area contributed by atoms with Crippen LogP contribution in [0.5, 0.6) is 0 Å². The molecule has 0 heterocycles. The molecule has 0 saturated carbocycles. The average molecular weight is 335 g/mol. The Bertz CT molecular complexity index is 370. The van der Waals surface area contributed by atoms with Gasteiger partial charge in [0.25, 0.3) is 0 Å². The van der Waals surface area contributed by atoms with Crippen LogP contribution in [0, 0.1) is 10.8 Å². The third-order valence-corrected chi connectivity index (χ3v) is 3.72. The molecule has 0 radical (unpaired) electrons. The van der Waals surface area contributed by atoms with Crippen LogP contribution in [0.15, 0.2) is 0 Å². The molecule has 0 unspecified atom stereocenters. The summed E-state index contributed by atoms with van der Waals surface area (Å²) in [4.78, 5) is 10.1. The van der Waals surface area contributed by atoms with Crippen LogP contribution >= 0.6 is 0 Å². The molecular weight excluding hydrogens is 312 g/mol. The molecule has 0 saturated heterocycles. The van der Waals surface area contributed by atoms with Crippen LogP contribution < -0.4 is 0 Å². The minimum Gasteiger partial charge on any atom is -0.299 e. The van der Waals surface area contributed by atoms with Gasteiger partial charge in [0, 0.05) is 12.0 Å². The molecule has 0 spiro atoms. The second-order valence-corrected chi connectivity index (χ2v) is 6.97. The second kappa shape index (κ2) is 6.76. The zero-order valence-electron chi connectivity index (χ0n) is 13.5. The molecule has 22 heavy (non-hydrogen) atoms. The first-order chi connectivity index (χ1) is 9.49. The molecule has 0 aliphatic heterocycles. The zero-order chi connectivity index (χ0) is 18.0. The van der Waals surface area contributed by atoms with E-state index in [1.165, 1.54) is 6.92 Å².